The third kappa shape index (κ3) is 2.59. The fourth-order valence-corrected chi connectivity index (χ4v) is 3.19. The number of amides is 1. The molecule has 1 aliphatic heterocycles. The van der Waals surface area contributed by atoms with Gasteiger partial charge in [0.1, 0.15) is 5.58 Å². The van der Waals surface area contributed by atoms with E-state index < -0.39 is 0 Å². The molecule has 2 atom stereocenters. The van der Waals surface area contributed by atoms with Gasteiger partial charge in [-0.25, -0.2) is 0 Å². The van der Waals surface area contributed by atoms with Gasteiger partial charge in [-0.3, -0.25) is 4.79 Å². The van der Waals surface area contributed by atoms with Crippen LogP contribution in [0.3, 0.4) is 0 Å². The van der Waals surface area contributed by atoms with Crippen LogP contribution in [0.25, 0.3) is 11.0 Å². The number of hydrogen-bond donors (Lipinski definition) is 2. The largest absolute Gasteiger partial charge is 0.464 e. The van der Waals surface area contributed by atoms with Gasteiger partial charge in [-0.15, -0.1) is 0 Å². The second-order valence-corrected chi connectivity index (χ2v) is 6.03. The Labute approximate surface area is 134 Å². The minimum absolute atomic E-state index is 0.0713. The first-order valence-electron chi connectivity index (χ1n) is 7.51. The van der Waals surface area contributed by atoms with Crippen molar-refractivity contribution in [3.63, 3.8) is 0 Å². The first kappa shape index (κ1) is 15.0. The zero-order valence-corrected chi connectivity index (χ0v) is 13.4. The number of nitrogens with one attached hydrogen (secondary N) is 2. The predicted octanol–water partition coefficient (Wildman–Crippen LogP) is 3.92. The summed E-state index contributed by atoms with van der Waals surface area (Å²) in [5, 5.41) is 7.89. The van der Waals surface area contributed by atoms with Crippen molar-refractivity contribution in [1.29, 1.82) is 0 Å². The van der Waals surface area contributed by atoms with Crippen molar-refractivity contribution in [2.24, 2.45) is 5.92 Å². The number of rotatable bonds is 3. The average Bonchev–Trinajstić information content (AvgIpc) is 2.84. The smallest absolute Gasteiger partial charge is 0.243 e. The average molecular weight is 319 g/mol. The van der Waals surface area contributed by atoms with Crippen molar-refractivity contribution >= 4 is 34.2 Å². The van der Waals surface area contributed by atoms with Crippen LogP contribution in [0.2, 0.25) is 5.02 Å². The number of halogens is 1. The molecule has 2 N–H and O–H groups in total. The van der Waals surface area contributed by atoms with E-state index in [2.05, 4.69) is 17.6 Å². The Hall–Kier alpha value is -1.94. The maximum absolute atomic E-state index is 11.7. The number of likely N-dealkylation sites (N-methyl/N-ethyl adjacent to an activating group) is 1. The van der Waals surface area contributed by atoms with Gasteiger partial charge in [-0.2, -0.15) is 0 Å². The molecular formula is C17H19ClN2O2. The molecular weight excluding hydrogens is 300 g/mol. The summed E-state index contributed by atoms with van der Waals surface area (Å²) < 4.78 is 5.67. The number of allylic oxidation sites excluding steroid dienone is 1. The summed E-state index contributed by atoms with van der Waals surface area (Å²) in [5.41, 5.74) is 2.81. The highest BCUT2D eigenvalue weighted by molar-refractivity contribution is 6.35. The van der Waals surface area contributed by atoms with Gasteiger partial charge >= 0.3 is 0 Å². The maximum atomic E-state index is 11.7. The Bertz CT molecular complexity index is 736. The normalized spacial score (nSPS) is 20.9. The number of benzene rings is 1. The number of furan rings is 1. The third-order valence-corrected chi connectivity index (χ3v) is 4.41. The molecule has 3 rings (SSSR count). The van der Waals surface area contributed by atoms with Crippen LogP contribution in [-0.4, -0.2) is 19.0 Å². The molecule has 0 saturated carbocycles. The first-order valence-corrected chi connectivity index (χ1v) is 7.89. The SMILES string of the molecule is CCNC(=O)C=CC1c2coc3ccc(Cl)c(c23)NCC1C. The van der Waals surface area contributed by atoms with Crippen LogP contribution in [0.15, 0.2) is 35.0 Å². The van der Waals surface area contributed by atoms with Crippen molar-refractivity contribution in [1.82, 2.24) is 5.32 Å². The Morgan fingerprint density at radius 1 is 1.55 bits per heavy atom. The monoisotopic (exact) mass is 318 g/mol. The van der Waals surface area contributed by atoms with Crippen molar-refractivity contribution in [3.05, 3.63) is 41.1 Å². The van der Waals surface area contributed by atoms with Crippen LogP contribution < -0.4 is 10.6 Å². The predicted molar refractivity (Wildman–Crippen MR) is 89.4 cm³/mol. The summed E-state index contributed by atoms with van der Waals surface area (Å²) in [6.45, 7) is 5.47. The lowest BCUT2D eigenvalue weighted by atomic mass is 9.87. The highest BCUT2D eigenvalue weighted by Crippen LogP contribution is 2.42. The highest BCUT2D eigenvalue weighted by Gasteiger charge is 2.27. The van der Waals surface area contributed by atoms with E-state index in [4.69, 9.17) is 16.0 Å². The first-order chi connectivity index (χ1) is 10.6. The van der Waals surface area contributed by atoms with Crippen LogP contribution in [0.5, 0.6) is 0 Å². The Morgan fingerprint density at radius 3 is 3.14 bits per heavy atom. The van der Waals surface area contributed by atoms with E-state index in [9.17, 15) is 4.79 Å². The van der Waals surface area contributed by atoms with E-state index in [0.29, 0.717) is 17.5 Å². The summed E-state index contributed by atoms with van der Waals surface area (Å²) in [7, 11) is 0. The fourth-order valence-electron chi connectivity index (χ4n) is 2.96. The maximum Gasteiger partial charge on any atom is 0.243 e. The summed E-state index contributed by atoms with van der Waals surface area (Å²) in [6.07, 6.45) is 5.34. The van der Waals surface area contributed by atoms with Gasteiger partial charge in [0.25, 0.3) is 0 Å². The van der Waals surface area contributed by atoms with Crippen LogP contribution >= 0.6 is 11.6 Å². The van der Waals surface area contributed by atoms with Gasteiger partial charge in [0.2, 0.25) is 5.91 Å². The van der Waals surface area contributed by atoms with Gasteiger partial charge in [0.05, 0.1) is 17.0 Å². The van der Waals surface area contributed by atoms with Gasteiger partial charge < -0.3 is 15.1 Å². The van der Waals surface area contributed by atoms with E-state index in [0.717, 1.165) is 28.8 Å². The molecule has 2 unspecified atom stereocenters. The van der Waals surface area contributed by atoms with E-state index in [1.54, 1.807) is 12.3 Å². The van der Waals surface area contributed by atoms with Crippen molar-refractivity contribution in [2.75, 3.05) is 18.4 Å². The zero-order valence-electron chi connectivity index (χ0n) is 12.7. The summed E-state index contributed by atoms with van der Waals surface area (Å²) in [6, 6.07) is 3.72. The molecule has 0 fully saturated rings. The second-order valence-electron chi connectivity index (χ2n) is 5.62. The lowest BCUT2D eigenvalue weighted by Crippen LogP contribution is -2.21. The molecule has 1 aromatic heterocycles. The zero-order chi connectivity index (χ0) is 15.7. The number of carbonyl (C=O) groups excluding carboxylic acids is 1. The van der Waals surface area contributed by atoms with Crippen molar-refractivity contribution in [2.45, 2.75) is 19.8 Å². The van der Waals surface area contributed by atoms with E-state index >= 15 is 0 Å². The molecule has 0 bridgehead atoms. The summed E-state index contributed by atoms with van der Waals surface area (Å²) in [4.78, 5) is 11.7. The molecule has 0 aliphatic carbocycles. The van der Waals surface area contributed by atoms with Crippen molar-refractivity contribution < 1.29 is 9.21 Å². The molecule has 1 amide bonds. The molecule has 0 radical (unpaired) electrons. The molecule has 0 saturated heterocycles. The lowest BCUT2D eigenvalue weighted by Gasteiger charge is -2.17. The number of hydrogen-bond acceptors (Lipinski definition) is 3. The molecule has 22 heavy (non-hydrogen) atoms. The number of carbonyl (C=O) groups is 1. The minimum Gasteiger partial charge on any atom is -0.464 e. The molecule has 1 aromatic carbocycles. The Balaban J connectivity index is 2.05. The van der Waals surface area contributed by atoms with E-state index in [1.807, 2.05) is 25.1 Å². The molecule has 116 valence electrons. The second kappa shape index (κ2) is 6.05. The van der Waals surface area contributed by atoms with Crippen LogP contribution in [0.4, 0.5) is 5.69 Å². The molecule has 0 spiro atoms. The highest BCUT2D eigenvalue weighted by atomic mass is 35.5. The minimum atomic E-state index is -0.0713. The molecule has 1 aliphatic rings. The molecule has 2 heterocycles. The van der Waals surface area contributed by atoms with Gasteiger partial charge in [0.15, 0.2) is 0 Å². The third-order valence-electron chi connectivity index (χ3n) is 4.10. The van der Waals surface area contributed by atoms with E-state index in [-0.39, 0.29) is 11.8 Å². The molecule has 5 heteroatoms. The van der Waals surface area contributed by atoms with Gasteiger partial charge in [0, 0.05) is 30.0 Å². The fraction of sp³-hybridized carbons (Fsp3) is 0.353. The quantitative estimate of drug-likeness (QED) is 0.843. The molecule has 4 nitrogen and oxygen atoms in total. The summed E-state index contributed by atoms with van der Waals surface area (Å²) in [5.74, 6) is 0.351. The van der Waals surface area contributed by atoms with Crippen LogP contribution in [-0.2, 0) is 4.79 Å². The van der Waals surface area contributed by atoms with Gasteiger partial charge in [-0.1, -0.05) is 24.6 Å². The topological polar surface area (TPSA) is 54.3 Å². The lowest BCUT2D eigenvalue weighted by molar-refractivity contribution is -0.116. The van der Waals surface area contributed by atoms with Crippen molar-refractivity contribution in [3.8, 4) is 0 Å². The molecule has 2 aromatic rings. The van der Waals surface area contributed by atoms with Gasteiger partial charge in [-0.05, 0) is 31.1 Å². The Morgan fingerprint density at radius 2 is 2.36 bits per heavy atom. The van der Waals surface area contributed by atoms with E-state index in [1.165, 1.54) is 0 Å². The number of anilines is 1. The standard InChI is InChI=1S/C17H19ClN2O2/c1-3-19-15(21)7-4-11-10(2)8-20-17-13(18)5-6-14-16(17)12(11)9-22-14/h4-7,9-11,20H,3,8H2,1-2H3,(H,19,21). The van der Waals surface area contributed by atoms with Crippen LogP contribution in [0, 0.1) is 5.92 Å². The Kier molecular flexibility index (Phi) is 4.12. The van der Waals surface area contributed by atoms with Crippen LogP contribution in [0.1, 0.15) is 25.3 Å². The summed E-state index contributed by atoms with van der Waals surface area (Å²) >= 11 is 6.32.